The van der Waals surface area contributed by atoms with Gasteiger partial charge in [-0.25, -0.2) is 15.0 Å². The van der Waals surface area contributed by atoms with E-state index in [-0.39, 0.29) is 18.7 Å². The molecular formula is C28H22F3N7O4S. The number of alkyl halides is 3. The lowest BCUT2D eigenvalue weighted by Gasteiger charge is -2.17. The van der Waals surface area contributed by atoms with Crippen molar-refractivity contribution in [2.75, 3.05) is 19.5 Å². The minimum atomic E-state index is -4.67. The number of amides is 2. The van der Waals surface area contributed by atoms with Crippen molar-refractivity contribution in [2.45, 2.75) is 26.2 Å². The molecule has 0 fully saturated rings. The molecule has 5 aromatic rings. The van der Waals surface area contributed by atoms with Crippen LogP contribution < -0.4 is 14.8 Å². The Morgan fingerprint density at radius 2 is 1.84 bits per heavy atom. The van der Waals surface area contributed by atoms with Gasteiger partial charge in [0.05, 0.1) is 67.7 Å². The molecule has 1 aliphatic heterocycles. The largest absolute Gasteiger partial charge is 0.495 e. The molecule has 43 heavy (non-hydrogen) atoms. The minimum Gasteiger partial charge on any atom is -0.495 e. The molecule has 6 rings (SSSR count). The molecule has 15 heteroatoms. The van der Waals surface area contributed by atoms with Crippen LogP contribution in [0, 0.1) is 6.92 Å². The van der Waals surface area contributed by atoms with Crippen LogP contribution in [0.4, 0.5) is 18.3 Å². The van der Waals surface area contributed by atoms with Gasteiger partial charge in [0.25, 0.3) is 11.8 Å². The maximum absolute atomic E-state index is 13.5. The third-order valence-corrected chi connectivity index (χ3v) is 7.84. The summed E-state index contributed by atoms with van der Waals surface area (Å²) in [6, 6.07) is 5.47. The van der Waals surface area contributed by atoms with E-state index < -0.39 is 29.6 Å². The molecule has 6 heterocycles. The number of methoxy groups -OCH3 is 2. The van der Waals surface area contributed by atoms with Gasteiger partial charge in [0, 0.05) is 23.0 Å². The molecule has 0 bridgehead atoms. The van der Waals surface area contributed by atoms with E-state index in [0.29, 0.717) is 39.0 Å². The first-order valence-corrected chi connectivity index (χ1v) is 13.6. The SMILES string of the molecule is COc1cn2cncc2cc1-c1cc(C)ncc1C(=O)Nc1nc2c(s1)CN(C(=O)c1ccc(C(F)(F)F)nc1OC)C2. The zero-order valence-electron chi connectivity index (χ0n) is 22.9. The van der Waals surface area contributed by atoms with Gasteiger partial charge in [-0.05, 0) is 31.2 Å². The zero-order valence-corrected chi connectivity index (χ0v) is 23.7. The maximum atomic E-state index is 13.5. The minimum absolute atomic E-state index is 0.0943. The lowest BCUT2D eigenvalue weighted by Crippen LogP contribution is -2.26. The monoisotopic (exact) mass is 609 g/mol. The number of ether oxygens (including phenoxy) is 2. The molecule has 2 amide bonds. The highest BCUT2D eigenvalue weighted by atomic mass is 32.1. The van der Waals surface area contributed by atoms with Gasteiger partial charge < -0.3 is 18.8 Å². The summed E-state index contributed by atoms with van der Waals surface area (Å²) in [5.74, 6) is -0.849. The summed E-state index contributed by atoms with van der Waals surface area (Å²) >= 11 is 1.20. The van der Waals surface area contributed by atoms with E-state index in [0.717, 1.165) is 29.6 Å². The Morgan fingerprint density at radius 1 is 1.02 bits per heavy atom. The van der Waals surface area contributed by atoms with E-state index in [9.17, 15) is 22.8 Å². The molecule has 1 aliphatic rings. The number of nitrogens with one attached hydrogen (secondary N) is 1. The fraction of sp³-hybridized carbons (Fsp3) is 0.214. The molecule has 0 aliphatic carbocycles. The number of hydrogen-bond donors (Lipinski definition) is 1. The van der Waals surface area contributed by atoms with Crippen LogP contribution in [0.15, 0.2) is 49.2 Å². The molecule has 11 nitrogen and oxygen atoms in total. The number of nitrogens with zero attached hydrogens (tertiary/aromatic N) is 6. The zero-order chi connectivity index (χ0) is 30.5. The van der Waals surface area contributed by atoms with Gasteiger partial charge in [-0.2, -0.15) is 13.2 Å². The Labute approximate surface area is 246 Å². The lowest BCUT2D eigenvalue weighted by molar-refractivity contribution is -0.141. The Morgan fingerprint density at radius 3 is 2.56 bits per heavy atom. The van der Waals surface area contributed by atoms with Crippen LogP contribution in [0.1, 0.15) is 42.7 Å². The quantitative estimate of drug-likeness (QED) is 0.285. The summed E-state index contributed by atoms with van der Waals surface area (Å²) in [6.45, 7) is 2.08. The number of thiazole rings is 1. The fourth-order valence-corrected chi connectivity index (χ4v) is 5.76. The highest BCUT2D eigenvalue weighted by Gasteiger charge is 2.35. The Bertz CT molecular complexity index is 1880. The number of aromatic nitrogens is 5. The molecule has 1 N–H and O–H groups in total. The number of rotatable bonds is 6. The van der Waals surface area contributed by atoms with Crippen LogP contribution in [0.3, 0.4) is 0 Å². The van der Waals surface area contributed by atoms with E-state index in [1.807, 2.05) is 17.4 Å². The number of fused-ring (bicyclic) bond motifs is 2. The van der Waals surface area contributed by atoms with Crippen LogP contribution in [0.5, 0.6) is 11.6 Å². The predicted octanol–water partition coefficient (Wildman–Crippen LogP) is 5.00. The first-order valence-electron chi connectivity index (χ1n) is 12.7. The molecule has 0 saturated carbocycles. The second kappa shape index (κ2) is 10.7. The van der Waals surface area contributed by atoms with E-state index in [2.05, 4.69) is 25.3 Å². The molecule has 0 radical (unpaired) electrons. The number of carbonyl (C=O) groups is 2. The van der Waals surface area contributed by atoms with Crippen molar-refractivity contribution in [2.24, 2.45) is 0 Å². The summed E-state index contributed by atoms with van der Waals surface area (Å²) in [7, 11) is 2.70. The second-order valence-corrected chi connectivity index (χ2v) is 10.7. The summed E-state index contributed by atoms with van der Waals surface area (Å²) in [5, 5.41) is 3.17. The summed E-state index contributed by atoms with van der Waals surface area (Å²) < 4.78 is 51.5. The van der Waals surface area contributed by atoms with Crippen molar-refractivity contribution >= 4 is 33.8 Å². The Balaban J connectivity index is 1.22. The van der Waals surface area contributed by atoms with E-state index >= 15 is 0 Å². The topological polar surface area (TPSA) is 124 Å². The number of anilines is 1. The summed E-state index contributed by atoms with van der Waals surface area (Å²) in [6.07, 6.45) is 1.95. The predicted molar refractivity (Wildman–Crippen MR) is 149 cm³/mol. The van der Waals surface area contributed by atoms with Crippen LogP contribution in [0.2, 0.25) is 0 Å². The van der Waals surface area contributed by atoms with Gasteiger partial charge in [0.2, 0.25) is 5.88 Å². The van der Waals surface area contributed by atoms with Crippen molar-refractivity contribution in [3.8, 4) is 22.8 Å². The van der Waals surface area contributed by atoms with Crippen molar-refractivity contribution in [1.29, 1.82) is 0 Å². The number of aryl methyl sites for hydroxylation is 1. The smallest absolute Gasteiger partial charge is 0.433 e. The Kier molecular flexibility index (Phi) is 6.96. The van der Waals surface area contributed by atoms with Gasteiger partial charge >= 0.3 is 6.18 Å². The first-order chi connectivity index (χ1) is 20.5. The summed E-state index contributed by atoms with van der Waals surface area (Å²) in [4.78, 5) is 45.2. The Hall–Kier alpha value is -5.05. The van der Waals surface area contributed by atoms with Gasteiger partial charge in [-0.15, -0.1) is 0 Å². The molecule has 0 atom stereocenters. The highest BCUT2D eigenvalue weighted by Crippen LogP contribution is 2.37. The lowest BCUT2D eigenvalue weighted by atomic mass is 10.00. The average molecular weight is 610 g/mol. The molecule has 220 valence electrons. The number of halogens is 3. The fourth-order valence-electron chi connectivity index (χ4n) is 4.78. The van der Waals surface area contributed by atoms with E-state index in [4.69, 9.17) is 9.47 Å². The second-order valence-electron chi connectivity index (χ2n) is 9.61. The molecule has 0 spiro atoms. The van der Waals surface area contributed by atoms with Gasteiger partial charge in [0.1, 0.15) is 17.0 Å². The van der Waals surface area contributed by atoms with Crippen LogP contribution in [-0.2, 0) is 19.3 Å². The third-order valence-electron chi connectivity index (χ3n) is 6.84. The van der Waals surface area contributed by atoms with Crippen LogP contribution in [0.25, 0.3) is 16.6 Å². The molecule has 0 unspecified atom stereocenters. The molecular weight excluding hydrogens is 587 g/mol. The van der Waals surface area contributed by atoms with Crippen molar-refractivity contribution in [3.05, 3.63) is 82.3 Å². The van der Waals surface area contributed by atoms with Crippen molar-refractivity contribution < 1.29 is 32.2 Å². The maximum Gasteiger partial charge on any atom is 0.433 e. The number of pyridine rings is 3. The first kappa shape index (κ1) is 28.1. The van der Waals surface area contributed by atoms with E-state index in [1.54, 1.807) is 31.9 Å². The van der Waals surface area contributed by atoms with Crippen molar-refractivity contribution in [3.63, 3.8) is 0 Å². The third kappa shape index (κ3) is 5.22. The standard InChI is InChI=1S/C28H22F3N7O4S/c1-14-6-17(18-7-15-8-32-13-38(15)11-21(18)41-2)19(9-33-14)24(39)36-27-34-20-10-37(12-22(20)43-27)26(40)16-4-5-23(28(29,30)31)35-25(16)42-3/h4-9,11,13H,10,12H2,1-3H3,(H,34,36,39). The van der Waals surface area contributed by atoms with Gasteiger partial charge in [0.15, 0.2) is 5.13 Å². The number of carbonyl (C=O) groups excluding carboxylic acids is 2. The molecule has 0 saturated heterocycles. The summed E-state index contributed by atoms with van der Waals surface area (Å²) in [5.41, 5.74) is 2.46. The molecule has 5 aromatic heterocycles. The highest BCUT2D eigenvalue weighted by molar-refractivity contribution is 7.16. The number of imidazole rings is 1. The van der Waals surface area contributed by atoms with E-state index in [1.165, 1.54) is 22.4 Å². The molecule has 0 aromatic carbocycles. The van der Waals surface area contributed by atoms with Crippen LogP contribution >= 0.6 is 11.3 Å². The normalized spacial score (nSPS) is 12.8. The average Bonchev–Trinajstić information content (AvgIpc) is 3.70. The van der Waals surface area contributed by atoms with Crippen molar-refractivity contribution in [1.82, 2.24) is 29.2 Å². The van der Waals surface area contributed by atoms with Gasteiger partial charge in [-0.1, -0.05) is 11.3 Å². The van der Waals surface area contributed by atoms with Gasteiger partial charge in [-0.3, -0.25) is 19.9 Å². The number of hydrogen-bond acceptors (Lipinski definition) is 9. The van der Waals surface area contributed by atoms with Crippen LogP contribution in [-0.4, -0.2) is 55.3 Å².